The Morgan fingerprint density at radius 1 is 1.29 bits per heavy atom. The molecule has 0 fully saturated rings. The van der Waals surface area contributed by atoms with Crippen LogP contribution < -0.4 is 10.1 Å². The average Bonchev–Trinajstić information content (AvgIpc) is 2.72. The maximum Gasteiger partial charge on any atom is 0.222 e. The lowest BCUT2D eigenvalue weighted by atomic mass is 10.2. The van der Waals surface area contributed by atoms with Crippen molar-refractivity contribution in [1.29, 1.82) is 0 Å². The number of aryl methyl sites for hydroxylation is 3. The van der Waals surface area contributed by atoms with E-state index in [1.165, 1.54) is 0 Å². The lowest BCUT2D eigenvalue weighted by molar-refractivity contribution is 0.199. The first kappa shape index (κ1) is 15.5. The van der Waals surface area contributed by atoms with Crippen molar-refractivity contribution >= 4 is 0 Å². The maximum absolute atomic E-state index is 5.94. The normalized spacial score (nSPS) is 10.9. The third kappa shape index (κ3) is 4.03. The highest BCUT2D eigenvalue weighted by molar-refractivity contribution is 5.35. The van der Waals surface area contributed by atoms with E-state index in [9.17, 15) is 0 Å². The highest BCUT2D eigenvalue weighted by Gasteiger charge is 2.15. The first-order chi connectivity index (χ1) is 10.1. The quantitative estimate of drug-likeness (QED) is 0.790. The van der Waals surface area contributed by atoms with Crippen LogP contribution in [0.5, 0.6) is 11.6 Å². The SMILES string of the molecule is COCCNCc1c(C)nn(C)c1Oc1ccc(C)nc1. The van der Waals surface area contributed by atoms with Gasteiger partial charge in [-0.1, -0.05) is 0 Å². The molecule has 0 amide bonds. The van der Waals surface area contributed by atoms with Crippen LogP contribution in [0, 0.1) is 13.8 Å². The zero-order valence-electron chi connectivity index (χ0n) is 13.0. The first-order valence-electron chi connectivity index (χ1n) is 6.94. The van der Waals surface area contributed by atoms with E-state index in [2.05, 4.69) is 15.4 Å². The van der Waals surface area contributed by atoms with Crippen LogP contribution in [0.15, 0.2) is 18.3 Å². The Labute approximate surface area is 125 Å². The molecule has 0 unspecified atom stereocenters. The van der Waals surface area contributed by atoms with Gasteiger partial charge in [-0.05, 0) is 26.0 Å². The number of ether oxygens (including phenoxy) is 2. The van der Waals surface area contributed by atoms with Crippen LogP contribution in [0.25, 0.3) is 0 Å². The Morgan fingerprint density at radius 2 is 2.10 bits per heavy atom. The van der Waals surface area contributed by atoms with Gasteiger partial charge in [0, 0.05) is 32.9 Å². The van der Waals surface area contributed by atoms with E-state index in [1.807, 2.05) is 33.0 Å². The predicted molar refractivity (Wildman–Crippen MR) is 80.6 cm³/mol. The summed E-state index contributed by atoms with van der Waals surface area (Å²) in [5, 5.41) is 7.74. The zero-order chi connectivity index (χ0) is 15.2. The van der Waals surface area contributed by atoms with Gasteiger partial charge in [0.05, 0.1) is 24.1 Å². The molecule has 0 saturated heterocycles. The second kappa shape index (κ2) is 7.19. The molecule has 0 atom stereocenters. The van der Waals surface area contributed by atoms with Crippen LogP contribution in [-0.4, -0.2) is 35.0 Å². The van der Waals surface area contributed by atoms with E-state index >= 15 is 0 Å². The fourth-order valence-corrected chi connectivity index (χ4v) is 2.03. The van der Waals surface area contributed by atoms with Crippen molar-refractivity contribution in [2.45, 2.75) is 20.4 Å². The Kier molecular flexibility index (Phi) is 5.30. The van der Waals surface area contributed by atoms with Gasteiger partial charge >= 0.3 is 0 Å². The number of pyridine rings is 1. The van der Waals surface area contributed by atoms with Crippen molar-refractivity contribution < 1.29 is 9.47 Å². The number of rotatable bonds is 7. The maximum atomic E-state index is 5.94. The minimum absolute atomic E-state index is 0.678. The van der Waals surface area contributed by atoms with E-state index in [0.29, 0.717) is 18.9 Å². The molecule has 6 heteroatoms. The number of hydrogen-bond donors (Lipinski definition) is 1. The minimum atomic E-state index is 0.678. The third-order valence-electron chi connectivity index (χ3n) is 3.17. The molecule has 21 heavy (non-hydrogen) atoms. The molecule has 2 rings (SSSR count). The van der Waals surface area contributed by atoms with Gasteiger partial charge in [0.1, 0.15) is 5.75 Å². The fourth-order valence-electron chi connectivity index (χ4n) is 2.03. The summed E-state index contributed by atoms with van der Waals surface area (Å²) >= 11 is 0. The van der Waals surface area contributed by atoms with Crippen LogP contribution in [0.2, 0.25) is 0 Å². The van der Waals surface area contributed by atoms with Crippen molar-refractivity contribution in [3.63, 3.8) is 0 Å². The van der Waals surface area contributed by atoms with Crippen LogP contribution in [0.1, 0.15) is 17.0 Å². The van der Waals surface area contributed by atoms with E-state index in [-0.39, 0.29) is 0 Å². The summed E-state index contributed by atoms with van der Waals surface area (Å²) in [5.74, 6) is 1.45. The van der Waals surface area contributed by atoms with Crippen LogP contribution in [0.3, 0.4) is 0 Å². The molecular formula is C15H22N4O2. The lowest BCUT2D eigenvalue weighted by Gasteiger charge is -2.09. The smallest absolute Gasteiger partial charge is 0.222 e. The molecule has 0 aliphatic heterocycles. The number of nitrogens with zero attached hydrogens (tertiary/aromatic N) is 3. The van der Waals surface area contributed by atoms with E-state index in [4.69, 9.17) is 9.47 Å². The zero-order valence-corrected chi connectivity index (χ0v) is 13.0. The van der Waals surface area contributed by atoms with Crippen molar-refractivity contribution in [3.8, 4) is 11.6 Å². The highest BCUT2D eigenvalue weighted by atomic mass is 16.5. The van der Waals surface area contributed by atoms with Crippen molar-refractivity contribution in [2.75, 3.05) is 20.3 Å². The molecule has 6 nitrogen and oxygen atoms in total. The minimum Gasteiger partial charge on any atom is -0.437 e. The van der Waals surface area contributed by atoms with Gasteiger partial charge < -0.3 is 14.8 Å². The van der Waals surface area contributed by atoms with Gasteiger partial charge in [0.2, 0.25) is 5.88 Å². The predicted octanol–water partition coefficient (Wildman–Crippen LogP) is 1.96. The summed E-state index contributed by atoms with van der Waals surface area (Å²) in [6.07, 6.45) is 1.72. The summed E-state index contributed by atoms with van der Waals surface area (Å²) in [6, 6.07) is 3.84. The summed E-state index contributed by atoms with van der Waals surface area (Å²) in [7, 11) is 3.57. The van der Waals surface area contributed by atoms with Crippen molar-refractivity contribution in [2.24, 2.45) is 7.05 Å². The molecule has 0 radical (unpaired) electrons. The highest BCUT2D eigenvalue weighted by Crippen LogP contribution is 2.26. The molecule has 2 heterocycles. The van der Waals surface area contributed by atoms with Crippen molar-refractivity contribution in [3.05, 3.63) is 35.3 Å². The van der Waals surface area contributed by atoms with E-state index < -0.39 is 0 Å². The Morgan fingerprint density at radius 3 is 2.76 bits per heavy atom. The fraction of sp³-hybridized carbons (Fsp3) is 0.467. The van der Waals surface area contributed by atoms with Gasteiger partial charge in [0.25, 0.3) is 0 Å². The lowest BCUT2D eigenvalue weighted by Crippen LogP contribution is -2.19. The Hall–Kier alpha value is -1.92. The second-order valence-corrected chi connectivity index (χ2v) is 4.90. The monoisotopic (exact) mass is 290 g/mol. The Balaban J connectivity index is 2.12. The van der Waals surface area contributed by atoms with E-state index in [1.54, 1.807) is 18.0 Å². The van der Waals surface area contributed by atoms with E-state index in [0.717, 1.165) is 29.4 Å². The molecule has 2 aromatic heterocycles. The second-order valence-electron chi connectivity index (χ2n) is 4.90. The molecule has 0 aliphatic carbocycles. The molecular weight excluding hydrogens is 268 g/mol. The van der Waals surface area contributed by atoms with Crippen LogP contribution >= 0.6 is 0 Å². The largest absolute Gasteiger partial charge is 0.437 e. The number of aromatic nitrogens is 3. The van der Waals surface area contributed by atoms with Crippen LogP contribution in [-0.2, 0) is 18.3 Å². The summed E-state index contributed by atoms with van der Waals surface area (Å²) in [4.78, 5) is 4.24. The molecule has 0 saturated carbocycles. The third-order valence-corrected chi connectivity index (χ3v) is 3.17. The van der Waals surface area contributed by atoms with Crippen molar-refractivity contribution in [1.82, 2.24) is 20.1 Å². The van der Waals surface area contributed by atoms with Gasteiger partial charge in [-0.15, -0.1) is 0 Å². The Bertz CT molecular complexity index is 578. The van der Waals surface area contributed by atoms with Crippen LogP contribution in [0.4, 0.5) is 0 Å². The number of nitrogens with one attached hydrogen (secondary N) is 1. The molecule has 0 bridgehead atoms. The first-order valence-corrected chi connectivity index (χ1v) is 6.94. The topological polar surface area (TPSA) is 61.2 Å². The average molecular weight is 290 g/mol. The summed E-state index contributed by atoms with van der Waals surface area (Å²) in [5.41, 5.74) is 2.97. The van der Waals surface area contributed by atoms with Gasteiger partial charge in [-0.3, -0.25) is 4.98 Å². The summed E-state index contributed by atoms with van der Waals surface area (Å²) in [6.45, 7) is 6.09. The molecule has 2 aromatic rings. The number of hydrogen-bond acceptors (Lipinski definition) is 5. The van der Waals surface area contributed by atoms with Gasteiger partial charge in [0.15, 0.2) is 0 Å². The number of methoxy groups -OCH3 is 1. The molecule has 0 aromatic carbocycles. The van der Waals surface area contributed by atoms with Gasteiger partial charge in [-0.25, -0.2) is 4.68 Å². The van der Waals surface area contributed by atoms with Gasteiger partial charge in [-0.2, -0.15) is 5.10 Å². The standard InChI is InChI=1S/C15H22N4O2/c1-11-5-6-13(9-17-11)21-15-14(10-16-7-8-20-4)12(2)18-19(15)3/h5-6,9,16H,7-8,10H2,1-4H3. The molecule has 114 valence electrons. The molecule has 0 aliphatic rings. The molecule has 1 N–H and O–H groups in total. The molecule has 0 spiro atoms. The summed E-state index contributed by atoms with van der Waals surface area (Å²) < 4.78 is 12.7.